The van der Waals surface area contributed by atoms with E-state index < -0.39 is 0 Å². The molecule has 2 heteroatoms. The standard InChI is InChI=1S/C18H22FN/c1-4-13-10-11-15(12-14(13)5-2)18(20-3)16-8-6-7-9-17(16)19/h6-12,18,20H,4-5H2,1-3H3. The average molecular weight is 271 g/mol. The minimum atomic E-state index is -0.163. The van der Waals surface area contributed by atoms with Crippen LogP contribution in [0.1, 0.15) is 42.1 Å². The van der Waals surface area contributed by atoms with Gasteiger partial charge in [0.1, 0.15) is 5.82 Å². The summed E-state index contributed by atoms with van der Waals surface area (Å²) in [6, 6.07) is 13.3. The van der Waals surface area contributed by atoms with Gasteiger partial charge in [0.2, 0.25) is 0 Å². The van der Waals surface area contributed by atoms with Gasteiger partial charge in [-0.25, -0.2) is 4.39 Å². The lowest BCUT2D eigenvalue weighted by atomic mass is 9.93. The van der Waals surface area contributed by atoms with Crippen molar-refractivity contribution in [2.24, 2.45) is 0 Å². The summed E-state index contributed by atoms with van der Waals surface area (Å²) in [5, 5.41) is 3.22. The van der Waals surface area contributed by atoms with Crippen LogP contribution in [0, 0.1) is 5.82 Å². The van der Waals surface area contributed by atoms with Gasteiger partial charge in [-0.2, -0.15) is 0 Å². The van der Waals surface area contributed by atoms with Crippen LogP contribution in [0.3, 0.4) is 0 Å². The zero-order chi connectivity index (χ0) is 14.5. The van der Waals surface area contributed by atoms with Crippen molar-refractivity contribution in [2.75, 3.05) is 7.05 Å². The summed E-state index contributed by atoms with van der Waals surface area (Å²) in [6.07, 6.45) is 2.04. The monoisotopic (exact) mass is 271 g/mol. The number of hydrogen-bond donors (Lipinski definition) is 1. The number of aryl methyl sites for hydroxylation is 2. The molecule has 0 aliphatic carbocycles. The first-order chi connectivity index (χ1) is 9.71. The van der Waals surface area contributed by atoms with Crippen LogP contribution in [-0.4, -0.2) is 7.05 Å². The molecule has 20 heavy (non-hydrogen) atoms. The predicted molar refractivity (Wildman–Crippen MR) is 82.5 cm³/mol. The summed E-state index contributed by atoms with van der Waals surface area (Å²) in [5.74, 6) is -0.163. The fourth-order valence-corrected chi connectivity index (χ4v) is 2.71. The summed E-state index contributed by atoms with van der Waals surface area (Å²) >= 11 is 0. The molecular formula is C18H22FN. The van der Waals surface area contributed by atoms with Crippen molar-refractivity contribution in [1.82, 2.24) is 5.32 Å². The first-order valence-corrected chi connectivity index (χ1v) is 7.24. The van der Waals surface area contributed by atoms with Crippen molar-refractivity contribution in [1.29, 1.82) is 0 Å². The number of rotatable bonds is 5. The van der Waals surface area contributed by atoms with Gasteiger partial charge in [-0.1, -0.05) is 50.2 Å². The molecule has 1 nitrogen and oxygen atoms in total. The number of nitrogens with one attached hydrogen (secondary N) is 1. The topological polar surface area (TPSA) is 12.0 Å². The lowest BCUT2D eigenvalue weighted by Gasteiger charge is -2.19. The van der Waals surface area contributed by atoms with Gasteiger partial charge in [0, 0.05) is 5.56 Å². The Morgan fingerprint density at radius 3 is 2.30 bits per heavy atom. The molecule has 1 atom stereocenters. The van der Waals surface area contributed by atoms with Crippen LogP contribution in [0.25, 0.3) is 0 Å². The third-order valence-corrected chi connectivity index (χ3v) is 3.83. The smallest absolute Gasteiger partial charge is 0.128 e. The molecule has 1 N–H and O–H groups in total. The molecule has 0 aliphatic heterocycles. The van der Waals surface area contributed by atoms with E-state index in [4.69, 9.17) is 0 Å². The maximum Gasteiger partial charge on any atom is 0.128 e. The highest BCUT2D eigenvalue weighted by atomic mass is 19.1. The van der Waals surface area contributed by atoms with Gasteiger partial charge >= 0.3 is 0 Å². The fraction of sp³-hybridized carbons (Fsp3) is 0.333. The Bertz CT molecular complexity index is 577. The molecule has 2 aromatic rings. The lowest BCUT2D eigenvalue weighted by Crippen LogP contribution is -2.19. The highest BCUT2D eigenvalue weighted by molar-refractivity contribution is 5.38. The SMILES string of the molecule is CCc1ccc(C(NC)c2ccccc2F)cc1CC. The Labute approximate surface area is 120 Å². The molecule has 0 saturated carbocycles. The van der Waals surface area contributed by atoms with E-state index in [0.29, 0.717) is 5.56 Å². The quantitative estimate of drug-likeness (QED) is 0.856. The van der Waals surface area contributed by atoms with Gasteiger partial charge in [0.05, 0.1) is 6.04 Å². The van der Waals surface area contributed by atoms with E-state index in [9.17, 15) is 4.39 Å². The van der Waals surface area contributed by atoms with Crippen LogP contribution in [0.4, 0.5) is 4.39 Å². The zero-order valence-corrected chi connectivity index (χ0v) is 12.4. The molecular weight excluding hydrogens is 249 g/mol. The van der Waals surface area contributed by atoms with E-state index in [1.165, 1.54) is 17.2 Å². The third-order valence-electron chi connectivity index (χ3n) is 3.83. The minimum Gasteiger partial charge on any atom is -0.309 e. The summed E-state index contributed by atoms with van der Waals surface area (Å²) < 4.78 is 14.0. The van der Waals surface area contributed by atoms with Gasteiger partial charge in [-0.05, 0) is 42.6 Å². The Hall–Kier alpha value is -1.67. The third kappa shape index (κ3) is 2.91. The first kappa shape index (κ1) is 14.7. The maximum absolute atomic E-state index is 14.0. The van der Waals surface area contributed by atoms with Crippen molar-refractivity contribution in [2.45, 2.75) is 32.7 Å². The molecule has 2 aromatic carbocycles. The second-order valence-electron chi connectivity index (χ2n) is 4.98. The summed E-state index contributed by atoms with van der Waals surface area (Å²) in [5.41, 5.74) is 4.54. The summed E-state index contributed by atoms with van der Waals surface area (Å²) in [4.78, 5) is 0. The van der Waals surface area contributed by atoms with Gasteiger partial charge in [-0.3, -0.25) is 0 Å². The molecule has 0 aliphatic rings. The molecule has 106 valence electrons. The number of halogens is 1. The fourth-order valence-electron chi connectivity index (χ4n) is 2.71. The van der Waals surface area contributed by atoms with E-state index in [0.717, 1.165) is 18.4 Å². The number of benzene rings is 2. The van der Waals surface area contributed by atoms with E-state index in [1.807, 2.05) is 19.2 Å². The first-order valence-electron chi connectivity index (χ1n) is 7.24. The van der Waals surface area contributed by atoms with E-state index in [2.05, 4.69) is 37.4 Å². The Morgan fingerprint density at radius 1 is 1.00 bits per heavy atom. The molecule has 0 bridgehead atoms. The molecule has 0 spiro atoms. The molecule has 0 heterocycles. The van der Waals surface area contributed by atoms with Crippen molar-refractivity contribution in [3.63, 3.8) is 0 Å². The summed E-state index contributed by atoms with van der Waals surface area (Å²) in [7, 11) is 1.87. The van der Waals surface area contributed by atoms with Crippen LogP contribution >= 0.6 is 0 Å². The molecule has 2 rings (SSSR count). The highest BCUT2D eigenvalue weighted by Crippen LogP contribution is 2.26. The highest BCUT2D eigenvalue weighted by Gasteiger charge is 2.16. The molecule has 0 saturated heterocycles. The van der Waals surface area contributed by atoms with Crippen LogP contribution in [-0.2, 0) is 12.8 Å². The van der Waals surface area contributed by atoms with Gasteiger partial charge in [0.15, 0.2) is 0 Å². The van der Waals surface area contributed by atoms with Gasteiger partial charge < -0.3 is 5.32 Å². The Morgan fingerprint density at radius 2 is 1.70 bits per heavy atom. The van der Waals surface area contributed by atoms with Crippen LogP contribution in [0.5, 0.6) is 0 Å². The minimum absolute atomic E-state index is 0.104. The molecule has 0 amide bonds. The van der Waals surface area contributed by atoms with Crippen molar-refractivity contribution < 1.29 is 4.39 Å². The maximum atomic E-state index is 14.0. The Kier molecular flexibility index (Phi) is 4.91. The molecule has 0 aromatic heterocycles. The Balaban J connectivity index is 2.45. The second kappa shape index (κ2) is 6.67. The van der Waals surface area contributed by atoms with Crippen molar-refractivity contribution in [3.05, 3.63) is 70.5 Å². The van der Waals surface area contributed by atoms with Crippen molar-refractivity contribution in [3.8, 4) is 0 Å². The van der Waals surface area contributed by atoms with Crippen LogP contribution in [0.2, 0.25) is 0 Å². The van der Waals surface area contributed by atoms with Gasteiger partial charge in [0.25, 0.3) is 0 Å². The van der Waals surface area contributed by atoms with Crippen molar-refractivity contribution >= 4 is 0 Å². The van der Waals surface area contributed by atoms with E-state index >= 15 is 0 Å². The van der Waals surface area contributed by atoms with E-state index in [-0.39, 0.29) is 11.9 Å². The number of hydrogen-bond acceptors (Lipinski definition) is 1. The summed E-state index contributed by atoms with van der Waals surface area (Å²) in [6.45, 7) is 4.33. The zero-order valence-electron chi connectivity index (χ0n) is 12.4. The van der Waals surface area contributed by atoms with E-state index in [1.54, 1.807) is 6.07 Å². The van der Waals surface area contributed by atoms with Crippen LogP contribution in [0.15, 0.2) is 42.5 Å². The second-order valence-corrected chi connectivity index (χ2v) is 4.98. The average Bonchev–Trinajstić information content (AvgIpc) is 2.49. The largest absolute Gasteiger partial charge is 0.309 e. The molecule has 0 fully saturated rings. The van der Waals surface area contributed by atoms with Crippen LogP contribution < -0.4 is 5.32 Å². The normalized spacial score (nSPS) is 12.4. The molecule has 0 radical (unpaired) electrons. The predicted octanol–water partition coefficient (Wildman–Crippen LogP) is 4.26. The van der Waals surface area contributed by atoms with Gasteiger partial charge in [-0.15, -0.1) is 0 Å². The molecule has 1 unspecified atom stereocenters. The lowest BCUT2D eigenvalue weighted by molar-refractivity contribution is 0.576.